The van der Waals surface area contributed by atoms with Crippen molar-refractivity contribution in [3.63, 3.8) is 0 Å². The Morgan fingerprint density at radius 1 is 1.15 bits per heavy atom. The molecule has 0 unspecified atom stereocenters. The molecule has 0 amide bonds. The van der Waals surface area contributed by atoms with Gasteiger partial charge in [-0.1, -0.05) is 29.3 Å². The molecule has 2 aromatic carbocycles. The summed E-state index contributed by atoms with van der Waals surface area (Å²) in [5.41, 5.74) is 2.43. The Bertz CT molecular complexity index is 834. The van der Waals surface area contributed by atoms with Gasteiger partial charge in [-0.05, 0) is 36.5 Å². The fourth-order valence-corrected chi connectivity index (χ4v) is 3.00. The first-order valence-corrected chi connectivity index (χ1v) is 7.01. The maximum atomic E-state index is 6.27. The molecule has 0 bridgehead atoms. The van der Waals surface area contributed by atoms with Crippen LogP contribution in [0.3, 0.4) is 0 Å². The number of fused-ring (bicyclic) bond motifs is 1. The van der Waals surface area contributed by atoms with Crippen LogP contribution in [0.5, 0.6) is 5.75 Å². The van der Waals surface area contributed by atoms with Gasteiger partial charge in [0.1, 0.15) is 5.75 Å². The minimum Gasteiger partial charge on any atom is -0.497 e. The fourth-order valence-electron chi connectivity index (χ4n) is 2.13. The number of H-pyrrole nitrogens is 1. The van der Waals surface area contributed by atoms with Gasteiger partial charge in [-0.3, -0.25) is 4.57 Å². The van der Waals surface area contributed by atoms with Crippen molar-refractivity contribution in [1.29, 1.82) is 0 Å². The maximum Gasteiger partial charge on any atom is 0.182 e. The van der Waals surface area contributed by atoms with Crippen molar-refractivity contribution in [1.82, 2.24) is 9.55 Å². The average molecular weight is 325 g/mol. The number of halogens is 2. The predicted molar refractivity (Wildman–Crippen MR) is 85.0 cm³/mol. The fraction of sp³-hybridized carbons (Fsp3) is 0.0714. The summed E-state index contributed by atoms with van der Waals surface area (Å²) < 4.78 is 7.60. The van der Waals surface area contributed by atoms with Gasteiger partial charge in [-0.2, -0.15) is 0 Å². The van der Waals surface area contributed by atoms with Gasteiger partial charge in [-0.15, -0.1) is 0 Å². The highest BCUT2D eigenvalue weighted by Gasteiger charge is 2.13. The zero-order chi connectivity index (χ0) is 14.3. The molecular formula is C14H10Cl2N2OS. The lowest BCUT2D eigenvalue weighted by atomic mass is 10.2. The summed E-state index contributed by atoms with van der Waals surface area (Å²) in [6.45, 7) is 0. The zero-order valence-electron chi connectivity index (χ0n) is 10.5. The first kappa shape index (κ1) is 13.5. The van der Waals surface area contributed by atoms with Gasteiger partial charge in [0.05, 0.1) is 33.9 Å². The Labute approximate surface area is 130 Å². The number of ether oxygens (including phenoxy) is 1. The number of aromatic nitrogens is 2. The van der Waals surface area contributed by atoms with E-state index in [0.29, 0.717) is 20.5 Å². The average Bonchev–Trinajstić information content (AvgIpc) is 2.74. The van der Waals surface area contributed by atoms with E-state index < -0.39 is 0 Å². The summed E-state index contributed by atoms with van der Waals surface area (Å²) in [5.74, 6) is 0.739. The minimum atomic E-state index is 0.531. The lowest BCUT2D eigenvalue weighted by molar-refractivity contribution is 0.415. The molecule has 0 spiro atoms. The van der Waals surface area contributed by atoms with E-state index >= 15 is 0 Å². The Morgan fingerprint density at radius 2 is 1.85 bits per heavy atom. The van der Waals surface area contributed by atoms with Crippen LogP contribution in [0.25, 0.3) is 16.7 Å². The van der Waals surface area contributed by atoms with Gasteiger partial charge in [0, 0.05) is 6.07 Å². The van der Waals surface area contributed by atoms with Crippen molar-refractivity contribution in [2.24, 2.45) is 0 Å². The molecule has 0 fully saturated rings. The summed E-state index contributed by atoms with van der Waals surface area (Å²) in [6.07, 6.45) is 0. The van der Waals surface area contributed by atoms with E-state index in [-0.39, 0.29) is 0 Å². The molecule has 20 heavy (non-hydrogen) atoms. The molecule has 0 aliphatic carbocycles. The van der Waals surface area contributed by atoms with E-state index in [1.807, 2.05) is 22.8 Å². The Kier molecular flexibility index (Phi) is 3.46. The number of aromatic amines is 1. The second-order valence-corrected chi connectivity index (χ2v) is 5.42. The minimum absolute atomic E-state index is 0.531. The van der Waals surface area contributed by atoms with Crippen LogP contribution in [0.1, 0.15) is 0 Å². The van der Waals surface area contributed by atoms with E-state index in [1.165, 1.54) is 0 Å². The SMILES string of the molecule is COc1ccc2[nH]c(=S)n(-c3c(Cl)cccc3Cl)c2c1. The second kappa shape index (κ2) is 5.13. The summed E-state index contributed by atoms with van der Waals surface area (Å²) in [4.78, 5) is 3.14. The number of benzene rings is 2. The second-order valence-electron chi connectivity index (χ2n) is 4.22. The van der Waals surface area contributed by atoms with Crippen LogP contribution in [0.2, 0.25) is 10.0 Å². The zero-order valence-corrected chi connectivity index (χ0v) is 12.8. The van der Waals surface area contributed by atoms with Crippen molar-refractivity contribution < 1.29 is 4.74 Å². The number of rotatable bonds is 2. The third-order valence-corrected chi connectivity index (χ3v) is 3.95. The number of nitrogens with one attached hydrogen (secondary N) is 1. The molecule has 102 valence electrons. The van der Waals surface area contributed by atoms with Gasteiger partial charge >= 0.3 is 0 Å². The number of hydrogen-bond acceptors (Lipinski definition) is 2. The lowest BCUT2D eigenvalue weighted by Gasteiger charge is -2.09. The van der Waals surface area contributed by atoms with Gasteiger partial charge in [0.25, 0.3) is 0 Å². The molecular weight excluding hydrogens is 315 g/mol. The normalized spacial score (nSPS) is 10.9. The van der Waals surface area contributed by atoms with Crippen molar-refractivity contribution in [2.75, 3.05) is 7.11 Å². The Hall–Kier alpha value is -1.49. The topological polar surface area (TPSA) is 29.9 Å². The number of para-hydroxylation sites is 1. The molecule has 0 aliphatic rings. The van der Waals surface area contributed by atoms with Crippen LogP contribution in [0.15, 0.2) is 36.4 Å². The summed E-state index contributed by atoms with van der Waals surface area (Å²) in [6, 6.07) is 11.0. The Balaban J connectivity index is 2.41. The molecule has 3 nitrogen and oxygen atoms in total. The Morgan fingerprint density at radius 3 is 2.50 bits per heavy atom. The van der Waals surface area contributed by atoms with Crippen molar-refractivity contribution in [3.05, 3.63) is 51.2 Å². The molecule has 3 rings (SSSR count). The van der Waals surface area contributed by atoms with E-state index in [4.69, 9.17) is 40.2 Å². The molecule has 1 heterocycles. The van der Waals surface area contributed by atoms with Gasteiger partial charge < -0.3 is 9.72 Å². The lowest BCUT2D eigenvalue weighted by Crippen LogP contribution is -1.96. The third-order valence-electron chi connectivity index (χ3n) is 3.05. The molecule has 6 heteroatoms. The highest BCUT2D eigenvalue weighted by Crippen LogP contribution is 2.32. The summed E-state index contributed by atoms with van der Waals surface area (Å²) >= 11 is 17.9. The van der Waals surface area contributed by atoms with Crippen LogP contribution in [-0.4, -0.2) is 16.7 Å². The monoisotopic (exact) mass is 324 g/mol. The van der Waals surface area contributed by atoms with Crippen LogP contribution >= 0.6 is 35.4 Å². The molecule has 0 saturated carbocycles. The number of nitrogens with zero attached hydrogens (tertiary/aromatic N) is 1. The molecule has 0 aliphatic heterocycles. The first-order valence-electron chi connectivity index (χ1n) is 5.85. The first-order chi connectivity index (χ1) is 9.61. The van der Waals surface area contributed by atoms with Crippen LogP contribution in [0.4, 0.5) is 0 Å². The maximum absolute atomic E-state index is 6.27. The van der Waals surface area contributed by atoms with Crippen LogP contribution in [-0.2, 0) is 0 Å². The molecule has 1 N–H and O–H groups in total. The molecule has 1 aromatic heterocycles. The van der Waals surface area contributed by atoms with E-state index in [9.17, 15) is 0 Å². The summed E-state index contributed by atoms with van der Waals surface area (Å²) in [5, 5.41) is 1.08. The van der Waals surface area contributed by atoms with Crippen molar-refractivity contribution in [3.8, 4) is 11.4 Å². The molecule has 3 aromatic rings. The molecule has 0 saturated heterocycles. The van der Waals surface area contributed by atoms with Gasteiger partial charge in [-0.25, -0.2) is 0 Å². The highest BCUT2D eigenvalue weighted by atomic mass is 35.5. The van der Waals surface area contributed by atoms with E-state index in [1.54, 1.807) is 25.3 Å². The van der Waals surface area contributed by atoms with E-state index in [0.717, 1.165) is 16.8 Å². The quantitative estimate of drug-likeness (QED) is 0.672. The predicted octanol–water partition coefficient (Wildman–Crippen LogP) is 5.00. The standard InChI is InChI=1S/C14H10Cl2N2OS/c1-19-8-5-6-11-12(7-8)18(14(20)17-11)13-9(15)3-2-4-10(13)16/h2-7H,1H3,(H,17,20). The number of methoxy groups -OCH3 is 1. The number of imidazole rings is 1. The summed E-state index contributed by atoms with van der Waals surface area (Å²) in [7, 11) is 1.62. The van der Waals surface area contributed by atoms with Gasteiger partial charge in [0.2, 0.25) is 0 Å². The smallest absolute Gasteiger partial charge is 0.182 e. The third kappa shape index (κ3) is 2.10. The van der Waals surface area contributed by atoms with Gasteiger partial charge in [0.15, 0.2) is 4.77 Å². The highest BCUT2D eigenvalue weighted by molar-refractivity contribution is 7.71. The number of hydrogen-bond donors (Lipinski definition) is 1. The largest absolute Gasteiger partial charge is 0.497 e. The van der Waals surface area contributed by atoms with Crippen molar-refractivity contribution >= 4 is 46.5 Å². The van der Waals surface area contributed by atoms with Crippen molar-refractivity contribution in [2.45, 2.75) is 0 Å². The van der Waals surface area contributed by atoms with Crippen LogP contribution in [0, 0.1) is 4.77 Å². The molecule has 0 atom stereocenters. The molecule has 0 radical (unpaired) electrons. The van der Waals surface area contributed by atoms with E-state index in [2.05, 4.69) is 4.98 Å². The van der Waals surface area contributed by atoms with Crippen LogP contribution < -0.4 is 4.74 Å².